The number of hydrogen-bond donors (Lipinski definition) is 1. The summed E-state index contributed by atoms with van der Waals surface area (Å²) in [6.45, 7) is 4.84. The number of aryl methyl sites for hydroxylation is 2. The molecule has 1 aromatic carbocycles. The Morgan fingerprint density at radius 3 is 2.80 bits per heavy atom. The molecule has 1 rings (SSSR count). The zero-order chi connectivity index (χ0) is 11.3. The minimum absolute atomic E-state index is 0.111. The van der Waals surface area contributed by atoms with Crippen LogP contribution in [0.25, 0.3) is 0 Å². The predicted molar refractivity (Wildman–Crippen MR) is 71.5 cm³/mol. The molecule has 0 aliphatic rings. The van der Waals surface area contributed by atoms with E-state index in [-0.39, 0.29) is 5.91 Å². The van der Waals surface area contributed by atoms with Crippen LogP contribution in [0.4, 0.5) is 0 Å². The van der Waals surface area contributed by atoms with Gasteiger partial charge in [0.2, 0.25) is 5.91 Å². The van der Waals surface area contributed by atoms with Crippen molar-refractivity contribution in [1.29, 1.82) is 0 Å². The fourth-order valence-electron chi connectivity index (χ4n) is 1.41. The van der Waals surface area contributed by atoms with Crippen molar-refractivity contribution in [3.63, 3.8) is 0 Å². The maximum absolute atomic E-state index is 11.5. The molecular weight excluding hydrogens is 301 g/mol. The molecule has 0 aliphatic heterocycles. The zero-order valence-corrected chi connectivity index (χ0v) is 11.3. The van der Waals surface area contributed by atoms with E-state index in [1.54, 1.807) is 0 Å². The fourth-order valence-corrected chi connectivity index (χ4v) is 1.68. The molecule has 1 amide bonds. The molecular formula is C12H16INO. The predicted octanol–water partition coefficient (Wildman–Crippen LogP) is 2.40. The lowest BCUT2D eigenvalue weighted by Gasteiger charge is -2.07. The highest BCUT2D eigenvalue weighted by atomic mass is 127. The van der Waals surface area contributed by atoms with Gasteiger partial charge in [-0.2, -0.15) is 0 Å². The number of carbonyl (C=O) groups excluding carboxylic acids is 1. The monoisotopic (exact) mass is 317 g/mol. The van der Waals surface area contributed by atoms with E-state index in [1.807, 2.05) is 13.8 Å². The molecule has 0 saturated carbocycles. The topological polar surface area (TPSA) is 29.1 Å². The van der Waals surface area contributed by atoms with Crippen molar-refractivity contribution < 1.29 is 4.79 Å². The van der Waals surface area contributed by atoms with Crippen molar-refractivity contribution in [2.75, 3.05) is 11.0 Å². The molecule has 0 aliphatic carbocycles. The second-order valence-corrected chi connectivity index (χ2v) is 4.72. The first-order valence-corrected chi connectivity index (χ1v) is 6.55. The van der Waals surface area contributed by atoms with E-state index in [1.165, 1.54) is 11.1 Å². The third kappa shape index (κ3) is 4.20. The van der Waals surface area contributed by atoms with E-state index in [0.717, 1.165) is 16.5 Å². The Balaban J connectivity index is 2.63. The normalized spacial score (nSPS) is 10.1. The maximum Gasteiger partial charge on any atom is 0.224 e. The van der Waals surface area contributed by atoms with Crippen LogP contribution in [-0.4, -0.2) is 16.9 Å². The third-order valence-corrected chi connectivity index (χ3v) is 2.81. The van der Waals surface area contributed by atoms with Crippen molar-refractivity contribution in [3.05, 3.63) is 34.9 Å². The molecule has 0 unspecified atom stereocenters. The highest BCUT2D eigenvalue weighted by molar-refractivity contribution is 14.1. The van der Waals surface area contributed by atoms with E-state index in [9.17, 15) is 4.79 Å². The van der Waals surface area contributed by atoms with Crippen molar-refractivity contribution >= 4 is 28.5 Å². The molecule has 0 saturated heterocycles. The summed E-state index contributed by atoms with van der Waals surface area (Å²) < 4.78 is 0.955. The lowest BCUT2D eigenvalue weighted by Crippen LogP contribution is -2.27. The van der Waals surface area contributed by atoms with Crippen LogP contribution >= 0.6 is 22.6 Å². The van der Waals surface area contributed by atoms with E-state index in [4.69, 9.17) is 0 Å². The molecule has 0 aromatic heterocycles. The van der Waals surface area contributed by atoms with Gasteiger partial charge in [-0.15, -0.1) is 0 Å². The highest BCUT2D eigenvalue weighted by Gasteiger charge is 2.05. The Morgan fingerprint density at radius 1 is 1.40 bits per heavy atom. The Hall–Kier alpha value is -0.580. The Morgan fingerprint density at radius 2 is 2.13 bits per heavy atom. The molecule has 15 heavy (non-hydrogen) atoms. The Kier molecular flexibility index (Phi) is 5.08. The summed E-state index contributed by atoms with van der Waals surface area (Å²) in [5.74, 6) is 0.111. The van der Waals surface area contributed by atoms with Crippen LogP contribution in [0.5, 0.6) is 0 Å². The van der Waals surface area contributed by atoms with Gasteiger partial charge >= 0.3 is 0 Å². The molecule has 0 atom stereocenters. The first kappa shape index (κ1) is 12.5. The highest BCUT2D eigenvalue weighted by Crippen LogP contribution is 2.11. The summed E-state index contributed by atoms with van der Waals surface area (Å²) in [5.41, 5.74) is 3.52. The second-order valence-electron chi connectivity index (χ2n) is 3.65. The SMILES string of the molecule is Cc1ccc(C)c(CC(=O)NCCI)c1. The van der Waals surface area contributed by atoms with Crippen LogP contribution in [0, 0.1) is 13.8 Å². The molecule has 2 nitrogen and oxygen atoms in total. The van der Waals surface area contributed by atoms with Gasteiger partial charge in [-0.05, 0) is 25.0 Å². The summed E-state index contributed by atoms with van der Waals surface area (Å²) in [5, 5.41) is 2.88. The average molecular weight is 317 g/mol. The van der Waals surface area contributed by atoms with Crippen LogP contribution in [0.1, 0.15) is 16.7 Å². The molecule has 0 heterocycles. The van der Waals surface area contributed by atoms with Crippen LogP contribution in [0.15, 0.2) is 18.2 Å². The van der Waals surface area contributed by atoms with Crippen molar-refractivity contribution in [2.24, 2.45) is 0 Å². The quantitative estimate of drug-likeness (QED) is 0.670. The molecule has 3 heteroatoms. The second kappa shape index (κ2) is 6.10. The summed E-state index contributed by atoms with van der Waals surface area (Å²) in [6.07, 6.45) is 0.490. The lowest BCUT2D eigenvalue weighted by atomic mass is 10.0. The van der Waals surface area contributed by atoms with Gasteiger partial charge in [0.1, 0.15) is 0 Å². The number of alkyl halides is 1. The number of halogens is 1. The van der Waals surface area contributed by atoms with Gasteiger partial charge in [-0.25, -0.2) is 0 Å². The van der Waals surface area contributed by atoms with Gasteiger partial charge in [0, 0.05) is 11.0 Å². The number of benzene rings is 1. The van der Waals surface area contributed by atoms with Gasteiger partial charge < -0.3 is 5.32 Å². The molecule has 0 bridgehead atoms. The Bertz CT molecular complexity index is 349. The molecule has 1 N–H and O–H groups in total. The van der Waals surface area contributed by atoms with E-state index < -0.39 is 0 Å². The smallest absolute Gasteiger partial charge is 0.224 e. The lowest BCUT2D eigenvalue weighted by molar-refractivity contribution is -0.120. The molecule has 0 fully saturated rings. The molecule has 0 spiro atoms. The zero-order valence-electron chi connectivity index (χ0n) is 9.14. The van der Waals surface area contributed by atoms with Crippen molar-refractivity contribution in [3.8, 4) is 0 Å². The summed E-state index contributed by atoms with van der Waals surface area (Å²) >= 11 is 2.25. The number of amides is 1. The summed E-state index contributed by atoms with van der Waals surface area (Å²) in [7, 11) is 0. The van der Waals surface area contributed by atoms with Gasteiger partial charge in [-0.3, -0.25) is 4.79 Å². The number of nitrogens with one attached hydrogen (secondary N) is 1. The summed E-state index contributed by atoms with van der Waals surface area (Å²) in [6, 6.07) is 6.22. The van der Waals surface area contributed by atoms with Crippen LogP contribution in [-0.2, 0) is 11.2 Å². The molecule has 82 valence electrons. The Labute approximate surface area is 105 Å². The largest absolute Gasteiger partial charge is 0.355 e. The fraction of sp³-hybridized carbons (Fsp3) is 0.417. The van der Waals surface area contributed by atoms with Gasteiger partial charge in [-0.1, -0.05) is 46.4 Å². The third-order valence-electron chi connectivity index (χ3n) is 2.27. The first-order valence-electron chi connectivity index (χ1n) is 5.02. The van der Waals surface area contributed by atoms with Crippen LogP contribution in [0.3, 0.4) is 0 Å². The minimum Gasteiger partial charge on any atom is -0.355 e. The van der Waals surface area contributed by atoms with E-state index in [0.29, 0.717) is 6.42 Å². The van der Waals surface area contributed by atoms with Crippen LogP contribution in [0.2, 0.25) is 0 Å². The number of hydrogen-bond acceptors (Lipinski definition) is 1. The van der Waals surface area contributed by atoms with E-state index in [2.05, 4.69) is 46.1 Å². The number of carbonyl (C=O) groups is 1. The molecule has 0 radical (unpaired) electrons. The van der Waals surface area contributed by atoms with Gasteiger partial charge in [0.15, 0.2) is 0 Å². The maximum atomic E-state index is 11.5. The van der Waals surface area contributed by atoms with Crippen molar-refractivity contribution in [2.45, 2.75) is 20.3 Å². The number of rotatable bonds is 4. The van der Waals surface area contributed by atoms with Gasteiger partial charge in [0.05, 0.1) is 6.42 Å². The molecule has 1 aromatic rings. The standard InChI is InChI=1S/C12H16INO/c1-9-3-4-10(2)11(7-9)8-12(15)14-6-5-13/h3-4,7H,5-6,8H2,1-2H3,(H,14,15). The van der Waals surface area contributed by atoms with Gasteiger partial charge in [0.25, 0.3) is 0 Å². The van der Waals surface area contributed by atoms with Crippen molar-refractivity contribution in [1.82, 2.24) is 5.32 Å². The van der Waals surface area contributed by atoms with Crippen LogP contribution < -0.4 is 5.32 Å². The van der Waals surface area contributed by atoms with E-state index >= 15 is 0 Å². The first-order chi connectivity index (χ1) is 7.13. The summed E-state index contributed by atoms with van der Waals surface area (Å²) in [4.78, 5) is 11.5. The minimum atomic E-state index is 0.111. The average Bonchev–Trinajstić information content (AvgIpc) is 2.20.